The molecule has 1 N–H and O–H groups in total. The number of ether oxygens (including phenoxy) is 1. The van der Waals surface area contributed by atoms with Crippen LogP contribution >= 0.6 is 34.9 Å². The molecule has 2 heterocycles. The monoisotopic (exact) mass is 488 g/mol. The van der Waals surface area contributed by atoms with E-state index in [-0.39, 0.29) is 23.5 Å². The number of carbonyl (C=O) groups excluding carboxylic acids is 2. The predicted octanol–water partition coefficient (Wildman–Crippen LogP) is 4.49. The molecule has 0 saturated carbocycles. The second kappa shape index (κ2) is 11.6. The van der Waals surface area contributed by atoms with E-state index in [1.165, 1.54) is 23.1 Å². The first-order valence-electron chi connectivity index (χ1n) is 9.67. The Balaban J connectivity index is 1.43. The number of benzene rings is 1. The Morgan fingerprint density at radius 1 is 1.26 bits per heavy atom. The van der Waals surface area contributed by atoms with E-state index in [4.69, 9.17) is 4.74 Å². The Kier molecular flexibility index (Phi) is 8.90. The van der Waals surface area contributed by atoms with E-state index >= 15 is 0 Å². The van der Waals surface area contributed by atoms with Gasteiger partial charge in [0.25, 0.3) is 5.76 Å². The smallest absolute Gasteiger partial charge is 0.309 e. The van der Waals surface area contributed by atoms with Crippen molar-refractivity contribution in [2.45, 2.75) is 34.8 Å². The standard InChI is InChI=1S/C19H22F2N4O3S3/c1-2-28-16(27)12-7-9-25(10-8-12)15(26)11-29-19-24-23-18(31-19)22-13-3-5-14(6-4-13)30-17(20)21/h3-6,12,17H,2,7-11H2,1H3,(H,22,23). The number of likely N-dealkylation sites (tertiary alicyclic amines) is 1. The highest BCUT2D eigenvalue weighted by atomic mass is 32.2. The summed E-state index contributed by atoms with van der Waals surface area (Å²) < 4.78 is 30.5. The summed E-state index contributed by atoms with van der Waals surface area (Å²) in [6, 6.07) is 6.62. The van der Waals surface area contributed by atoms with Crippen molar-refractivity contribution in [1.82, 2.24) is 15.1 Å². The highest BCUT2D eigenvalue weighted by Gasteiger charge is 2.28. The number of hydrogen-bond donors (Lipinski definition) is 1. The van der Waals surface area contributed by atoms with E-state index < -0.39 is 5.76 Å². The third kappa shape index (κ3) is 7.32. The molecule has 7 nitrogen and oxygen atoms in total. The van der Waals surface area contributed by atoms with Crippen molar-refractivity contribution in [3.8, 4) is 0 Å². The Morgan fingerprint density at radius 2 is 1.97 bits per heavy atom. The third-order valence-corrected chi connectivity index (χ3v) is 7.20. The average Bonchev–Trinajstić information content (AvgIpc) is 3.20. The number of piperidine rings is 1. The number of nitrogens with one attached hydrogen (secondary N) is 1. The van der Waals surface area contributed by atoms with E-state index in [1.54, 1.807) is 36.1 Å². The Bertz CT molecular complexity index is 875. The van der Waals surface area contributed by atoms with Gasteiger partial charge in [0.2, 0.25) is 11.0 Å². The molecule has 1 aliphatic rings. The predicted molar refractivity (Wildman–Crippen MR) is 118 cm³/mol. The van der Waals surface area contributed by atoms with Gasteiger partial charge in [-0.1, -0.05) is 34.9 Å². The summed E-state index contributed by atoms with van der Waals surface area (Å²) in [7, 11) is 0. The number of alkyl halides is 2. The van der Waals surface area contributed by atoms with E-state index in [1.807, 2.05) is 0 Å². The molecule has 1 fully saturated rings. The first-order valence-corrected chi connectivity index (χ1v) is 12.4. The highest BCUT2D eigenvalue weighted by molar-refractivity contribution is 8.01. The molecule has 0 aliphatic carbocycles. The van der Waals surface area contributed by atoms with Gasteiger partial charge in [-0.2, -0.15) is 8.78 Å². The molecular weight excluding hydrogens is 466 g/mol. The van der Waals surface area contributed by atoms with Crippen LogP contribution in [0.1, 0.15) is 19.8 Å². The van der Waals surface area contributed by atoms with Crippen LogP contribution in [0.3, 0.4) is 0 Å². The lowest BCUT2D eigenvalue weighted by Gasteiger charge is -2.30. The number of aromatic nitrogens is 2. The molecule has 1 aliphatic heterocycles. The van der Waals surface area contributed by atoms with Gasteiger partial charge in [0.05, 0.1) is 18.3 Å². The Labute approximate surface area is 191 Å². The van der Waals surface area contributed by atoms with Gasteiger partial charge in [0.1, 0.15) is 0 Å². The van der Waals surface area contributed by atoms with Crippen molar-refractivity contribution < 1.29 is 23.1 Å². The van der Waals surface area contributed by atoms with Crippen molar-refractivity contribution in [3.63, 3.8) is 0 Å². The molecule has 3 rings (SSSR count). The lowest BCUT2D eigenvalue weighted by atomic mass is 9.97. The number of hydrogen-bond acceptors (Lipinski definition) is 9. The topological polar surface area (TPSA) is 84.4 Å². The Hall–Kier alpha value is -1.92. The molecule has 12 heteroatoms. The van der Waals surface area contributed by atoms with Gasteiger partial charge >= 0.3 is 5.97 Å². The van der Waals surface area contributed by atoms with Crippen molar-refractivity contribution in [2.24, 2.45) is 5.92 Å². The molecule has 1 saturated heterocycles. The number of thioether (sulfide) groups is 2. The van der Waals surface area contributed by atoms with Crippen molar-refractivity contribution in [1.29, 1.82) is 0 Å². The highest BCUT2D eigenvalue weighted by Crippen LogP contribution is 2.30. The lowest BCUT2D eigenvalue weighted by molar-refractivity contribution is -0.151. The second-order valence-electron chi connectivity index (χ2n) is 6.60. The number of esters is 1. The molecule has 2 aromatic rings. The summed E-state index contributed by atoms with van der Waals surface area (Å²) in [5.74, 6) is -2.51. The molecule has 1 aromatic carbocycles. The quantitative estimate of drug-likeness (QED) is 0.408. The van der Waals surface area contributed by atoms with Gasteiger partial charge in [-0.15, -0.1) is 10.2 Å². The second-order valence-corrected chi connectivity index (χ2v) is 9.86. The van der Waals surface area contributed by atoms with Crippen LogP contribution in [-0.4, -0.2) is 58.2 Å². The van der Waals surface area contributed by atoms with Crippen LogP contribution in [0.4, 0.5) is 19.6 Å². The van der Waals surface area contributed by atoms with Crippen LogP contribution < -0.4 is 5.32 Å². The van der Waals surface area contributed by atoms with Crippen LogP contribution in [0.15, 0.2) is 33.5 Å². The first kappa shape index (κ1) is 23.7. The minimum atomic E-state index is -2.45. The van der Waals surface area contributed by atoms with Gasteiger partial charge in [-0.25, -0.2) is 0 Å². The maximum Gasteiger partial charge on any atom is 0.309 e. The zero-order valence-electron chi connectivity index (χ0n) is 16.8. The minimum Gasteiger partial charge on any atom is -0.466 e. The van der Waals surface area contributed by atoms with Gasteiger partial charge in [-0.05, 0) is 44.0 Å². The minimum absolute atomic E-state index is 0.00383. The molecule has 31 heavy (non-hydrogen) atoms. The summed E-state index contributed by atoms with van der Waals surface area (Å²) in [6.45, 7) is 3.25. The first-order chi connectivity index (χ1) is 14.9. The van der Waals surface area contributed by atoms with Crippen LogP contribution in [0, 0.1) is 5.92 Å². The van der Waals surface area contributed by atoms with Gasteiger partial charge in [0.15, 0.2) is 4.34 Å². The van der Waals surface area contributed by atoms with Crippen molar-refractivity contribution in [3.05, 3.63) is 24.3 Å². The molecule has 1 amide bonds. The third-order valence-electron chi connectivity index (χ3n) is 4.52. The average molecular weight is 489 g/mol. The van der Waals surface area contributed by atoms with Crippen LogP contribution in [-0.2, 0) is 14.3 Å². The largest absolute Gasteiger partial charge is 0.466 e. The van der Waals surface area contributed by atoms with Crippen molar-refractivity contribution in [2.75, 3.05) is 30.8 Å². The molecule has 0 spiro atoms. The van der Waals surface area contributed by atoms with Gasteiger partial charge in [0, 0.05) is 23.7 Å². The normalized spacial score (nSPS) is 14.6. The number of carbonyl (C=O) groups is 2. The fraction of sp³-hybridized carbons (Fsp3) is 0.474. The SMILES string of the molecule is CCOC(=O)C1CCN(C(=O)CSc2nnc(Nc3ccc(SC(F)F)cc3)s2)CC1. The number of anilines is 2. The fourth-order valence-corrected chi connectivity index (χ4v) is 5.18. The Morgan fingerprint density at radius 3 is 2.61 bits per heavy atom. The zero-order chi connectivity index (χ0) is 22.2. The lowest BCUT2D eigenvalue weighted by Crippen LogP contribution is -2.41. The van der Waals surface area contributed by atoms with E-state index in [0.29, 0.717) is 64.4 Å². The summed E-state index contributed by atoms with van der Waals surface area (Å²) in [5.41, 5.74) is 0.715. The van der Waals surface area contributed by atoms with Gasteiger partial charge in [-0.3, -0.25) is 9.59 Å². The van der Waals surface area contributed by atoms with Crippen LogP contribution in [0.5, 0.6) is 0 Å². The summed E-state index contributed by atoms with van der Waals surface area (Å²) in [6.07, 6.45) is 1.24. The molecule has 0 unspecified atom stereocenters. The fourth-order valence-electron chi connectivity index (χ4n) is 3.00. The van der Waals surface area contributed by atoms with E-state index in [0.717, 1.165) is 0 Å². The number of nitrogens with zero attached hydrogens (tertiary/aromatic N) is 3. The molecule has 0 atom stereocenters. The number of amides is 1. The van der Waals surface area contributed by atoms with E-state index in [9.17, 15) is 18.4 Å². The van der Waals surface area contributed by atoms with Gasteiger partial charge < -0.3 is 15.0 Å². The number of rotatable bonds is 9. The zero-order valence-corrected chi connectivity index (χ0v) is 19.2. The maximum atomic E-state index is 12.5. The molecule has 1 aromatic heterocycles. The van der Waals surface area contributed by atoms with Crippen LogP contribution in [0.25, 0.3) is 0 Å². The van der Waals surface area contributed by atoms with Crippen LogP contribution in [0.2, 0.25) is 0 Å². The van der Waals surface area contributed by atoms with E-state index in [2.05, 4.69) is 15.5 Å². The molecule has 0 bridgehead atoms. The van der Waals surface area contributed by atoms with Crippen molar-refractivity contribution >= 4 is 57.6 Å². The summed E-state index contributed by atoms with van der Waals surface area (Å²) in [5, 5.41) is 11.8. The summed E-state index contributed by atoms with van der Waals surface area (Å²) in [4.78, 5) is 26.5. The number of halogens is 2. The molecular formula is C19H22F2N4O3S3. The molecule has 168 valence electrons. The summed E-state index contributed by atoms with van der Waals surface area (Å²) >= 11 is 3.12. The maximum absolute atomic E-state index is 12.5. The molecule has 0 radical (unpaired) electrons.